The molecule has 1 aromatic rings. The van der Waals surface area contributed by atoms with E-state index in [1.54, 1.807) is 6.08 Å². The molecule has 0 spiro atoms. The molecule has 1 atom stereocenters. The quantitative estimate of drug-likeness (QED) is 0.0727. The SMILES string of the molecule is CC/C=C/CCOC(=O)CCC(CCCCC)OC(=O)/C=C/c1ccccc1O[Si](C)(C)C(C)(C)C. The van der Waals surface area contributed by atoms with Crippen molar-refractivity contribution in [2.24, 2.45) is 0 Å². The zero-order valence-electron chi connectivity index (χ0n) is 23.6. The Balaban J connectivity index is 2.75. The minimum Gasteiger partial charge on any atom is -0.543 e. The summed E-state index contributed by atoms with van der Waals surface area (Å²) in [5.74, 6) is 0.129. The highest BCUT2D eigenvalue weighted by atomic mass is 28.4. The van der Waals surface area contributed by atoms with E-state index in [9.17, 15) is 9.59 Å². The van der Waals surface area contributed by atoms with Crippen molar-refractivity contribution in [1.29, 1.82) is 0 Å². The van der Waals surface area contributed by atoms with Gasteiger partial charge in [0.1, 0.15) is 11.9 Å². The molecule has 0 bridgehead atoms. The molecule has 0 aromatic heterocycles. The summed E-state index contributed by atoms with van der Waals surface area (Å²) in [6, 6.07) is 7.77. The van der Waals surface area contributed by atoms with Crippen LogP contribution in [-0.2, 0) is 19.1 Å². The molecule has 0 aliphatic carbocycles. The fourth-order valence-electron chi connectivity index (χ4n) is 3.26. The smallest absolute Gasteiger partial charge is 0.331 e. The van der Waals surface area contributed by atoms with E-state index in [0.29, 0.717) is 13.0 Å². The van der Waals surface area contributed by atoms with Crippen LogP contribution in [0.4, 0.5) is 0 Å². The van der Waals surface area contributed by atoms with Crippen LogP contribution in [0.25, 0.3) is 6.08 Å². The maximum absolute atomic E-state index is 12.7. The van der Waals surface area contributed by atoms with Crippen molar-refractivity contribution in [2.75, 3.05) is 6.61 Å². The zero-order chi connectivity index (χ0) is 27.0. The Morgan fingerprint density at radius 1 is 1.03 bits per heavy atom. The largest absolute Gasteiger partial charge is 0.543 e. The van der Waals surface area contributed by atoms with Gasteiger partial charge < -0.3 is 13.9 Å². The van der Waals surface area contributed by atoms with Gasteiger partial charge in [0.15, 0.2) is 0 Å². The minimum absolute atomic E-state index is 0.0713. The second kappa shape index (κ2) is 16.4. The highest BCUT2D eigenvalue weighted by Crippen LogP contribution is 2.38. The first-order valence-electron chi connectivity index (χ1n) is 13.5. The molecule has 36 heavy (non-hydrogen) atoms. The van der Waals surface area contributed by atoms with Crippen molar-refractivity contribution in [1.82, 2.24) is 0 Å². The lowest BCUT2D eigenvalue weighted by molar-refractivity contribution is -0.148. The van der Waals surface area contributed by atoms with Crippen LogP contribution in [0.1, 0.15) is 91.5 Å². The molecule has 0 aliphatic rings. The van der Waals surface area contributed by atoms with Crippen LogP contribution >= 0.6 is 0 Å². The van der Waals surface area contributed by atoms with Crippen molar-refractivity contribution in [3.63, 3.8) is 0 Å². The molecule has 0 heterocycles. The molecule has 0 amide bonds. The van der Waals surface area contributed by atoms with Gasteiger partial charge in [0.25, 0.3) is 8.32 Å². The molecule has 0 saturated carbocycles. The fourth-order valence-corrected chi connectivity index (χ4v) is 4.30. The highest BCUT2D eigenvalue weighted by molar-refractivity contribution is 6.74. The summed E-state index contributed by atoms with van der Waals surface area (Å²) in [5, 5.41) is 0.0713. The van der Waals surface area contributed by atoms with E-state index < -0.39 is 14.3 Å². The predicted octanol–water partition coefficient (Wildman–Crippen LogP) is 8.26. The van der Waals surface area contributed by atoms with Crippen LogP contribution in [0.2, 0.25) is 18.1 Å². The van der Waals surface area contributed by atoms with Gasteiger partial charge in [-0.15, -0.1) is 0 Å². The first-order chi connectivity index (χ1) is 17.0. The van der Waals surface area contributed by atoms with E-state index in [1.165, 1.54) is 6.08 Å². The summed E-state index contributed by atoms with van der Waals surface area (Å²) in [4.78, 5) is 24.8. The lowest BCUT2D eigenvalue weighted by Crippen LogP contribution is -2.44. The van der Waals surface area contributed by atoms with Gasteiger partial charge in [-0.3, -0.25) is 4.79 Å². The molecule has 1 unspecified atom stereocenters. The minimum atomic E-state index is -2.01. The van der Waals surface area contributed by atoms with Crippen LogP contribution in [-0.4, -0.2) is 33.0 Å². The third kappa shape index (κ3) is 12.6. The molecule has 6 heteroatoms. The predicted molar refractivity (Wildman–Crippen MR) is 152 cm³/mol. The number of allylic oxidation sites excluding steroid dienone is 1. The standard InChI is InChI=1S/C30H48O5Si/c1-8-10-12-16-24-33-28(31)23-21-26(18-13-11-9-2)34-29(32)22-20-25-17-14-15-19-27(25)35-36(6,7)30(3,4)5/h10,12,14-15,17,19-20,22,26H,8-9,11,13,16,18,21,23-24H2,1-7H3/b12-10+,22-20+. The third-order valence-corrected chi connectivity index (χ3v) is 10.9. The van der Waals surface area contributed by atoms with Gasteiger partial charge in [-0.25, -0.2) is 4.79 Å². The normalized spacial score (nSPS) is 13.2. The summed E-state index contributed by atoms with van der Waals surface area (Å²) in [6.45, 7) is 15.6. The number of hydrogen-bond acceptors (Lipinski definition) is 5. The number of hydrogen-bond donors (Lipinski definition) is 0. The van der Waals surface area contributed by atoms with E-state index in [-0.39, 0.29) is 23.5 Å². The molecule has 202 valence electrons. The Kier molecular flexibility index (Phi) is 14.4. The Bertz CT molecular complexity index is 851. The molecule has 0 radical (unpaired) electrons. The highest BCUT2D eigenvalue weighted by Gasteiger charge is 2.39. The average molecular weight is 517 g/mol. The first kappa shape index (κ1) is 31.7. The number of rotatable bonds is 16. The Hall–Kier alpha value is -2.34. The van der Waals surface area contributed by atoms with Gasteiger partial charge in [0.05, 0.1) is 6.61 Å². The Morgan fingerprint density at radius 2 is 1.75 bits per heavy atom. The maximum Gasteiger partial charge on any atom is 0.331 e. The van der Waals surface area contributed by atoms with Crippen LogP contribution in [0.5, 0.6) is 5.75 Å². The molecule has 1 rings (SSSR count). The van der Waals surface area contributed by atoms with Crippen molar-refractivity contribution in [2.45, 2.75) is 110 Å². The van der Waals surface area contributed by atoms with Gasteiger partial charge in [0, 0.05) is 18.1 Å². The summed E-state index contributed by atoms with van der Waals surface area (Å²) >= 11 is 0. The number of benzene rings is 1. The molecular weight excluding hydrogens is 468 g/mol. The fraction of sp³-hybridized carbons (Fsp3) is 0.600. The van der Waals surface area contributed by atoms with E-state index in [1.807, 2.05) is 30.3 Å². The van der Waals surface area contributed by atoms with Gasteiger partial charge in [-0.2, -0.15) is 0 Å². The Labute approximate surface area is 220 Å². The van der Waals surface area contributed by atoms with Crippen LogP contribution < -0.4 is 4.43 Å². The molecule has 1 aromatic carbocycles. The lowest BCUT2D eigenvalue weighted by Gasteiger charge is -2.36. The third-order valence-electron chi connectivity index (χ3n) is 6.52. The number of carbonyl (C=O) groups excluding carboxylic acids is 2. The van der Waals surface area contributed by atoms with Crippen LogP contribution in [0, 0.1) is 0 Å². The molecule has 0 aliphatic heterocycles. The number of para-hydroxylation sites is 1. The lowest BCUT2D eigenvalue weighted by atomic mass is 10.1. The summed E-state index contributed by atoms with van der Waals surface area (Å²) in [5.41, 5.74) is 0.850. The topological polar surface area (TPSA) is 61.8 Å². The van der Waals surface area contributed by atoms with Gasteiger partial charge in [-0.05, 0) is 62.4 Å². The monoisotopic (exact) mass is 516 g/mol. The summed E-state index contributed by atoms with van der Waals surface area (Å²) < 4.78 is 17.5. The van der Waals surface area contributed by atoms with E-state index in [2.05, 4.69) is 53.8 Å². The van der Waals surface area contributed by atoms with Crippen molar-refractivity contribution >= 4 is 26.3 Å². The number of esters is 2. The van der Waals surface area contributed by atoms with E-state index in [4.69, 9.17) is 13.9 Å². The van der Waals surface area contributed by atoms with Crippen LogP contribution in [0.3, 0.4) is 0 Å². The first-order valence-corrected chi connectivity index (χ1v) is 16.4. The van der Waals surface area contributed by atoms with Gasteiger partial charge in [0.2, 0.25) is 0 Å². The number of unbranched alkanes of at least 4 members (excludes halogenated alkanes) is 2. The van der Waals surface area contributed by atoms with E-state index in [0.717, 1.165) is 49.8 Å². The number of ether oxygens (including phenoxy) is 2. The van der Waals surface area contributed by atoms with Crippen molar-refractivity contribution in [3.05, 3.63) is 48.1 Å². The molecule has 0 N–H and O–H groups in total. The molecule has 0 saturated heterocycles. The van der Waals surface area contributed by atoms with Gasteiger partial charge >= 0.3 is 11.9 Å². The van der Waals surface area contributed by atoms with E-state index >= 15 is 0 Å². The van der Waals surface area contributed by atoms with Crippen molar-refractivity contribution in [3.8, 4) is 5.75 Å². The molecule has 5 nitrogen and oxygen atoms in total. The summed E-state index contributed by atoms with van der Waals surface area (Å²) in [6.07, 6.45) is 13.2. The van der Waals surface area contributed by atoms with Gasteiger partial charge in [-0.1, -0.05) is 77.8 Å². The molecular formula is C30H48O5Si. The number of carbonyl (C=O) groups is 2. The van der Waals surface area contributed by atoms with Crippen LogP contribution in [0.15, 0.2) is 42.5 Å². The average Bonchev–Trinajstić information content (AvgIpc) is 2.81. The maximum atomic E-state index is 12.7. The van der Waals surface area contributed by atoms with Crippen molar-refractivity contribution < 1.29 is 23.5 Å². The summed E-state index contributed by atoms with van der Waals surface area (Å²) in [7, 11) is -2.01. The second-order valence-electron chi connectivity index (χ2n) is 10.7. The Morgan fingerprint density at radius 3 is 2.42 bits per heavy atom. The molecule has 0 fully saturated rings. The zero-order valence-corrected chi connectivity index (χ0v) is 24.6. The second-order valence-corrected chi connectivity index (χ2v) is 15.4.